The van der Waals surface area contributed by atoms with Gasteiger partial charge in [0.1, 0.15) is 5.76 Å². The molecule has 0 radical (unpaired) electrons. The van der Waals surface area contributed by atoms with Crippen molar-refractivity contribution in [1.29, 1.82) is 0 Å². The Kier molecular flexibility index (Phi) is 7.01. The minimum Gasteiger partial charge on any atom is -0.467 e. The standard InChI is InChI=1S/C24H25N5O2S/c1-18(2)28(15-19-8-4-3-5-9-19)22(30)17-32-24-27-26-23(20-10-6-12-25-14-20)29(24)16-21-11-7-13-31-21/h3-14,18H,15-17H2,1-2H3. The van der Waals surface area contributed by atoms with Crippen LogP contribution < -0.4 is 0 Å². The highest BCUT2D eigenvalue weighted by Gasteiger charge is 2.21. The third-order valence-corrected chi connectivity index (χ3v) is 5.95. The van der Waals surface area contributed by atoms with E-state index in [1.165, 1.54) is 11.8 Å². The fraction of sp³-hybridized carbons (Fsp3) is 0.250. The molecule has 7 nitrogen and oxygen atoms in total. The molecule has 0 atom stereocenters. The van der Waals surface area contributed by atoms with Crippen molar-refractivity contribution in [1.82, 2.24) is 24.6 Å². The lowest BCUT2D eigenvalue weighted by atomic mass is 10.2. The SMILES string of the molecule is CC(C)N(Cc1ccccc1)C(=O)CSc1nnc(-c2cccnc2)n1Cc1ccco1. The first-order valence-electron chi connectivity index (χ1n) is 10.4. The number of thioether (sulfide) groups is 1. The molecule has 0 fully saturated rings. The highest BCUT2D eigenvalue weighted by Crippen LogP contribution is 2.25. The number of aromatic nitrogens is 4. The van der Waals surface area contributed by atoms with Crippen LogP contribution in [0.5, 0.6) is 0 Å². The normalized spacial score (nSPS) is 11.1. The van der Waals surface area contributed by atoms with Crippen LogP contribution in [0.25, 0.3) is 11.4 Å². The zero-order valence-electron chi connectivity index (χ0n) is 18.1. The number of benzene rings is 1. The average molecular weight is 448 g/mol. The van der Waals surface area contributed by atoms with E-state index in [1.807, 2.05) is 77.9 Å². The van der Waals surface area contributed by atoms with Crippen LogP contribution in [0.4, 0.5) is 0 Å². The summed E-state index contributed by atoms with van der Waals surface area (Å²) in [7, 11) is 0. The maximum atomic E-state index is 13.1. The van der Waals surface area contributed by atoms with E-state index in [9.17, 15) is 4.79 Å². The molecule has 0 bridgehead atoms. The smallest absolute Gasteiger partial charge is 0.233 e. The quantitative estimate of drug-likeness (QED) is 0.351. The van der Waals surface area contributed by atoms with Crippen LogP contribution in [0.15, 0.2) is 82.8 Å². The molecule has 0 aliphatic heterocycles. The number of furan rings is 1. The van der Waals surface area contributed by atoms with E-state index in [-0.39, 0.29) is 17.7 Å². The molecule has 1 amide bonds. The predicted octanol–water partition coefficient (Wildman–Crippen LogP) is 4.51. The Hall–Kier alpha value is -3.39. The number of carbonyl (C=O) groups excluding carboxylic acids is 1. The van der Waals surface area contributed by atoms with Crippen LogP contribution in [0.2, 0.25) is 0 Å². The minimum absolute atomic E-state index is 0.0596. The van der Waals surface area contributed by atoms with Crippen LogP contribution in [-0.4, -0.2) is 42.4 Å². The van der Waals surface area contributed by atoms with Gasteiger partial charge in [0.2, 0.25) is 5.91 Å². The summed E-state index contributed by atoms with van der Waals surface area (Å²) in [6.07, 6.45) is 5.12. The Morgan fingerprint density at radius 2 is 1.94 bits per heavy atom. The van der Waals surface area contributed by atoms with E-state index >= 15 is 0 Å². The third-order valence-electron chi connectivity index (χ3n) is 4.99. The molecule has 0 spiro atoms. The Labute approximate surface area is 191 Å². The van der Waals surface area contributed by atoms with Crippen LogP contribution in [0.3, 0.4) is 0 Å². The molecular weight excluding hydrogens is 422 g/mol. The molecule has 0 aliphatic rings. The topological polar surface area (TPSA) is 77.1 Å². The van der Waals surface area contributed by atoms with E-state index in [0.717, 1.165) is 16.9 Å². The van der Waals surface area contributed by atoms with Crippen molar-refractivity contribution in [3.63, 3.8) is 0 Å². The number of nitrogens with zero attached hydrogens (tertiary/aromatic N) is 5. The van der Waals surface area contributed by atoms with E-state index in [4.69, 9.17) is 4.42 Å². The molecule has 164 valence electrons. The molecule has 0 N–H and O–H groups in total. The molecule has 3 heterocycles. The van der Waals surface area contributed by atoms with Gasteiger partial charge in [-0.2, -0.15) is 0 Å². The second kappa shape index (κ2) is 10.3. The first kappa shape index (κ1) is 21.8. The van der Waals surface area contributed by atoms with E-state index in [0.29, 0.717) is 24.1 Å². The summed E-state index contributed by atoms with van der Waals surface area (Å²) >= 11 is 1.38. The van der Waals surface area contributed by atoms with Gasteiger partial charge < -0.3 is 9.32 Å². The summed E-state index contributed by atoms with van der Waals surface area (Å²) < 4.78 is 7.50. The zero-order valence-corrected chi connectivity index (χ0v) is 18.9. The minimum atomic E-state index is 0.0596. The van der Waals surface area contributed by atoms with Gasteiger partial charge in [0, 0.05) is 30.5 Å². The Balaban J connectivity index is 1.53. The number of amides is 1. The summed E-state index contributed by atoms with van der Waals surface area (Å²) in [6, 6.07) is 17.7. The highest BCUT2D eigenvalue weighted by molar-refractivity contribution is 7.99. The summed E-state index contributed by atoms with van der Waals surface area (Å²) in [6.45, 7) is 5.12. The second-order valence-electron chi connectivity index (χ2n) is 7.60. The van der Waals surface area contributed by atoms with Gasteiger partial charge in [-0.25, -0.2) is 0 Å². The van der Waals surface area contributed by atoms with Gasteiger partial charge in [-0.1, -0.05) is 42.1 Å². The van der Waals surface area contributed by atoms with Crippen molar-refractivity contribution in [3.8, 4) is 11.4 Å². The van der Waals surface area contributed by atoms with Gasteiger partial charge in [0.15, 0.2) is 11.0 Å². The van der Waals surface area contributed by atoms with Gasteiger partial charge in [0.05, 0.1) is 18.6 Å². The van der Waals surface area contributed by atoms with Gasteiger partial charge in [0.25, 0.3) is 0 Å². The van der Waals surface area contributed by atoms with E-state index in [2.05, 4.69) is 15.2 Å². The van der Waals surface area contributed by atoms with Crippen molar-refractivity contribution in [2.45, 2.75) is 38.1 Å². The molecule has 0 saturated carbocycles. The molecule has 3 aromatic heterocycles. The van der Waals surface area contributed by atoms with Crippen molar-refractivity contribution < 1.29 is 9.21 Å². The highest BCUT2D eigenvalue weighted by atomic mass is 32.2. The summed E-state index contributed by atoms with van der Waals surface area (Å²) in [5.41, 5.74) is 1.97. The maximum absolute atomic E-state index is 13.1. The Morgan fingerprint density at radius 1 is 1.09 bits per heavy atom. The first-order chi connectivity index (χ1) is 15.6. The van der Waals surface area contributed by atoms with E-state index < -0.39 is 0 Å². The van der Waals surface area contributed by atoms with Gasteiger partial charge >= 0.3 is 0 Å². The summed E-state index contributed by atoms with van der Waals surface area (Å²) in [5, 5.41) is 9.41. The third kappa shape index (κ3) is 5.26. The second-order valence-corrected chi connectivity index (χ2v) is 8.55. The zero-order chi connectivity index (χ0) is 22.3. The number of pyridine rings is 1. The Morgan fingerprint density at radius 3 is 2.62 bits per heavy atom. The average Bonchev–Trinajstić information content (AvgIpc) is 3.47. The summed E-state index contributed by atoms with van der Waals surface area (Å²) in [5.74, 6) is 1.81. The van der Waals surface area contributed by atoms with Crippen molar-refractivity contribution in [2.75, 3.05) is 5.75 Å². The molecule has 4 aromatic rings. The molecule has 1 aromatic carbocycles. The van der Waals surface area contributed by atoms with Gasteiger partial charge in [-0.15, -0.1) is 10.2 Å². The largest absolute Gasteiger partial charge is 0.467 e. The Bertz CT molecular complexity index is 1130. The van der Waals surface area contributed by atoms with Gasteiger partial charge in [-0.3, -0.25) is 14.3 Å². The number of hydrogen-bond donors (Lipinski definition) is 0. The van der Waals surface area contributed by atoms with Crippen molar-refractivity contribution in [2.24, 2.45) is 0 Å². The lowest BCUT2D eigenvalue weighted by Crippen LogP contribution is -2.37. The lowest BCUT2D eigenvalue weighted by Gasteiger charge is -2.26. The first-order valence-corrected chi connectivity index (χ1v) is 11.4. The van der Waals surface area contributed by atoms with Crippen LogP contribution in [-0.2, 0) is 17.9 Å². The fourth-order valence-corrected chi connectivity index (χ4v) is 4.18. The molecule has 32 heavy (non-hydrogen) atoms. The number of rotatable bonds is 9. The number of hydrogen-bond acceptors (Lipinski definition) is 6. The van der Waals surface area contributed by atoms with Crippen LogP contribution in [0, 0.1) is 0 Å². The molecule has 4 rings (SSSR count). The fourth-order valence-electron chi connectivity index (χ4n) is 3.35. The predicted molar refractivity (Wildman–Crippen MR) is 124 cm³/mol. The molecule has 0 saturated heterocycles. The van der Waals surface area contributed by atoms with E-state index in [1.54, 1.807) is 18.7 Å². The maximum Gasteiger partial charge on any atom is 0.233 e. The van der Waals surface area contributed by atoms with Crippen LogP contribution in [0.1, 0.15) is 25.2 Å². The van der Waals surface area contributed by atoms with Crippen molar-refractivity contribution in [3.05, 3.63) is 84.6 Å². The monoisotopic (exact) mass is 447 g/mol. The van der Waals surface area contributed by atoms with Crippen LogP contribution >= 0.6 is 11.8 Å². The molecule has 0 unspecified atom stereocenters. The van der Waals surface area contributed by atoms with Gasteiger partial charge in [-0.05, 0) is 43.7 Å². The number of carbonyl (C=O) groups is 1. The van der Waals surface area contributed by atoms with Crippen molar-refractivity contribution >= 4 is 17.7 Å². The molecule has 8 heteroatoms. The lowest BCUT2D eigenvalue weighted by molar-refractivity contribution is -0.130. The molecule has 0 aliphatic carbocycles. The summed E-state index contributed by atoms with van der Waals surface area (Å²) in [4.78, 5) is 19.2. The molecular formula is C24H25N5O2S.